The van der Waals surface area contributed by atoms with Gasteiger partial charge in [-0.1, -0.05) is 36.4 Å². The van der Waals surface area contributed by atoms with Gasteiger partial charge < -0.3 is 14.8 Å². The van der Waals surface area contributed by atoms with Crippen LogP contribution in [0.2, 0.25) is 0 Å². The lowest BCUT2D eigenvalue weighted by Gasteiger charge is -2.19. The second-order valence-electron chi connectivity index (χ2n) is 6.29. The molecule has 1 amide bonds. The maximum absolute atomic E-state index is 11.8. The molecule has 0 aliphatic carbocycles. The van der Waals surface area contributed by atoms with Crippen LogP contribution in [0.3, 0.4) is 0 Å². The number of ketones is 1. The highest BCUT2D eigenvalue weighted by Gasteiger charge is 2.17. The minimum absolute atomic E-state index is 0.169. The molecule has 0 aliphatic rings. The van der Waals surface area contributed by atoms with Gasteiger partial charge >= 0.3 is 12.1 Å². The number of hydrogen-bond acceptors (Lipinski definition) is 5. The highest BCUT2D eigenvalue weighted by Crippen LogP contribution is 2.09. The fourth-order valence-electron chi connectivity index (χ4n) is 1.85. The van der Waals surface area contributed by atoms with E-state index in [1.165, 1.54) is 0 Å². The molecule has 0 unspecified atom stereocenters. The van der Waals surface area contributed by atoms with Crippen molar-refractivity contribution in [2.24, 2.45) is 0 Å². The molecule has 1 rings (SSSR count). The number of ether oxygens (including phenoxy) is 2. The smallest absolute Gasteiger partial charge is 0.407 e. The van der Waals surface area contributed by atoms with E-state index in [1.807, 2.05) is 32.9 Å². The Labute approximate surface area is 148 Å². The number of alkyl carbamates (subject to hydrolysis) is 1. The molecule has 6 heteroatoms. The third kappa shape index (κ3) is 8.15. The lowest BCUT2D eigenvalue weighted by molar-refractivity contribution is -0.137. The molecule has 1 aromatic rings. The molecule has 0 radical (unpaired) electrons. The molecule has 136 valence electrons. The Kier molecular flexibility index (Phi) is 7.85. The summed E-state index contributed by atoms with van der Waals surface area (Å²) in [6, 6.07) is 6.64. The fraction of sp³-hybridized carbons (Fsp3) is 0.421. The van der Waals surface area contributed by atoms with Crippen LogP contribution in [0.25, 0.3) is 6.08 Å². The number of carbonyl (C=O) groups is 3. The maximum Gasteiger partial charge on any atom is 0.407 e. The van der Waals surface area contributed by atoms with Gasteiger partial charge in [0.25, 0.3) is 5.78 Å². The molecule has 6 nitrogen and oxygen atoms in total. The van der Waals surface area contributed by atoms with Crippen molar-refractivity contribution in [3.63, 3.8) is 0 Å². The fourth-order valence-corrected chi connectivity index (χ4v) is 1.85. The van der Waals surface area contributed by atoms with E-state index in [1.54, 1.807) is 31.2 Å². The molecule has 0 atom stereocenters. The monoisotopic (exact) mass is 347 g/mol. The average Bonchev–Trinajstić information content (AvgIpc) is 2.53. The van der Waals surface area contributed by atoms with Crippen LogP contribution in [0.5, 0.6) is 0 Å². The van der Waals surface area contributed by atoms with E-state index in [0.717, 1.165) is 5.56 Å². The molecule has 25 heavy (non-hydrogen) atoms. The Morgan fingerprint density at radius 1 is 1.12 bits per heavy atom. The Morgan fingerprint density at radius 2 is 1.76 bits per heavy atom. The molecule has 0 saturated heterocycles. The van der Waals surface area contributed by atoms with Crippen LogP contribution in [0, 0.1) is 0 Å². The second kappa shape index (κ2) is 9.61. The zero-order chi connectivity index (χ0) is 18.9. The SMILES string of the molecule is CCOC(=O)C(=O)c1ccc(C=CCCNC(=O)OC(C)(C)C)cc1. The number of esters is 1. The van der Waals surface area contributed by atoms with Gasteiger partial charge in [0.2, 0.25) is 0 Å². The number of carbonyl (C=O) groups excluding carboxylic acids is 3. The maximum atomic E-state index is 11.8. The molecule has 1 aromatic carbocycles. The number of nitrogens with one attached hydrogen (secondary N) is 1. The van der Waals surface area contributed by atoms with Crippen molar-refractivity contribution in [2.45, 2.75) is 39.7 Å². The molecule has 0 aromatic heterocycles. The summed E-state index contributed by atoms with van der Waals surface area (Å²) in [7, 11) is 0. The van der Waals surface area contributed by atoms with Crippen LogP contribution in [0.4, 0.5) is 4.79 Å². The lowest BCUT2D eigenvalue weighted by atomic mass is 10.1. The van der Waals surface area contributed by atoms with E-state index < -0.39 is 23.4 Å². The first-order valence-corrected chi connectivity index (χ1v) is 8.18. The first-order chi connectivity index (χ1) is 11.7. The van der Waals surface area contributed by atoms with Crippen LogP contribution in [0.15, 0.2) is 30.3 Å². The zero-order valence-electron chi connectivity index (χ0n) is 15.1. The summed E-state index contributed by atoms with van der Waals surface area (Å²) >= 11 is 0. The first kappa shape index (κ1) is 20.4. The molecule has 0 bridgehead atoms. The van der Waals surface area contributed by atoms with Gasteiger partial charge in [-0.25, -0.2) is 9.59 Å². The van der Waals surface area contributed by atoms with Crippen molar-refractivity contribution in [3.05, 3.63) is 41.5 Å². The highest BCUT2D eigenvalue weighted by molar-refractivity contribution is 6.40. The van der Waals surface area contributed by atoms with Gasteiger partial charge in [-0.05, 0) is 39.7 Å². The minimum atomic E-state index is -0.848. The van der Waals surface area contributed by atoms with Crippen molar-refractivity contribution < 1.29 is 23.9 Å². The van der Waals surface area contributed by atoms with E-state index >= 15 is 0 Å². The summed E-state index contributed by atoms with van der Waals surface area (Å²) in [4.78, 5) is 34.6. The molecular weight excluding hydrogens is 322 g/mol. The van der Waals surface area contributed by atoms with Crippen LogP contribution in [-0.2, 0) is 14.3 Å². The topological polar surface area (TPSA) is 81.7 Å². The number of amides is 1. The number of rotatable bonds is 7. The molecule has 0 heterocycles. The second-order valence-corrected chi connectivity index (χ2v) is 6.29. The molecule has 0 aliphatic heterocycles. The third-order valence-corrected chi connectivity index (χ3v) is 2.92. The van der Waals surface area contributed by atoms with Crippen molar-refractivity contribution in [1.82, 2.24) is 5.32 Å². The van der Waals surface area contributed by atoms with Crippen LogP contribution < -0.4 is 5.32 Å². The minimum Gasteiger partial charge on any atom is -0.460 e. The van der Waals surface area contributed by atoms with E-state index in [-0.39, 0.29) is 6.61 Å². The van der Waals surface area contributed by atoms with Gasteiger partial charge in [-0.15, -0.1) is 0 Å². The largest absolute Gasteiger partial charge is 0.460 e. The molecule has 0 fully saturated rings. The van der Waals surface area contributed by atoms with Gasteiger partial charge in [0, 0.05) is 12.1 Å². The van der Waals surface area contributed by atoms with Gasteiger partial charge in [0.05, 0.1) is 6.61 Å². The van der Waals surface area contributed by atoms with E-state index in [9.17, 15) is 14.4 Å². The zero-order valence-corrected chi connectivity index (χ0v) is 15.1. The molecule has 0 saturated carbocycles. The summed E-state index contributed by atoms with van der Waals surface area (Å²) in [5.41, 5.74) is 0.669. The van der Waals surface area contributed by atoms with E-state index in [0.29, 0.717) is 18.5 Å². The van der Waals surface area contributed by atoms with Crippen LogP contribution >= 0.6 is 0 Å². The van der Waals surface area contributed by atoms with Crippen molar-refractivity contribution in [1.29, 1.82) is 0 Å². The summed E-state index contributed by atoms with van der Waals surface area (Å²) in [5.74, 6) is -1.50. The Bertz CT molecular complexity index is 626. The Morgan fingerprint density at radius 3 is 2.32 bits per heavy atom. The molecule has 0 spiro atoms. The summed E-state index contributed by atoms with van der Waals surface area (Å²) in [6.45, 7) is 7.71. The highest BCUT2D eigenvalue weighted by atomic mass is 16.6. The van der Waals surface area contributed by atoms with Gasteiger partial charge in [-0.2, -0.15) is 0 Å². The number of benzene rings is 1. The number of Topliss-reactive ketones (excluding diaryl/α,β-unsaturated/α-hetero) is 1. The average molecular weight is 347 g/mol. The quantitative estimate of drug-likeness (QED) is 0.354. The predicted molar refractivity (Wildman–Crippen MR) is 95.3 cm³/mol. The number of hydrogen-bond donors (Lipinski definition) is 1. The summed E-state index contributed by atoms with van der Waals surface area (Å²) < 4.78 is 9.81. The summed E-state index contributed by atoms with van der Waals surface area (Å²) in [5, 5.41) is 2.67. The standard InChI is InChI=1S/C19H25NO5/c1-5-24-17(22)16(21)15-11-9-14(10-12-15)8-6-7-13-20-18(23)25-19(2,3)4/h6,8-12H,5,7,13H2,1-4H3,(H,20,23). The Balaban J connectivity index is 2.42. The van der Waals surface area contributed by atoms with Gasteiger partial charge in [0.1, 0.15) is 5.60 Å². The van der Waals surface area contributed by atoms with Crippen molar-refractivity contribution >= 4 is 23.9 Å². The Hall–Kier alpha value is -2.63. The first-order valence-electron chi connectivity index (χ1n) is 8.18. The summed E-state index contributed by atoms with van der Waals surface area (Å²) in [6.07, 6.45) is 3.97. The van der Waals surface area contributed by atoms with Crippen molar-refractivity contribution in [2.75, 3.05) is 13.2 Å². The van der Waals surface area contributed by atoms with Gasteiger partial charge in [0.15, 0.2) is 0 Å². The molecular formula is C19H25NO5. The lowest BCUT2D eigenvalue weighted by Crippen LogP contribution is -2.32. The van der Waals surface area contributed by atoms with Crippen LogP contribution in [0.1, 0.15) is 50.0 Å². The predicted octanol–water partition coefficient (Wildman–Crippen LogP) is 3.36. The van der Waals surface area contributed by atoms with Crippen LogP contribution in [-0.4, -0.2) is 36.6 Å². The molecule has 1 N–H and O–H groups in total. The third-order valence-electron chi connectivity index (χ3n) is 2.92. The van der Waals surface area contributed by atoms with E-state index in [4.69, 9.17) is 4.74 Å². The van der Waals surface area contributed by atoms with Crippen molar-refractivity contribution in [3.8, 4) is 0 Å². The van der Waals surface area contributed by atoms with Gasteiger partial charge in [-0.3, -0.25) is 4.79 Å². The normalized spacial score (nSPS) is 11.2. The van der Waals surface area contributed by atoms with E-state index in [2.05, 4.69) is 10.1 Å².